The van der Waals surface area contributed by atoms with Gasteiger partial charge < -0.3 is 9.15 Å². The molecule has 0 saturated carbocycles. The molecular formula is C16H10N2O4. The number of nitriles is 1. The second-order valence-corrected chi connectivity index (χ2v) is 4.58. The number of ketones is 1. The highest BCUT2D eigenvalue weighted by Gasteiger charge is 2.17. The number of aromatic amines is 1. The van der Waals surface area contributed by atoms with E-state index in [-0.39, 0.29) is 5.78 Å². The highest BCUT2D eigenvalue weighted by atomic mass is 16.5. The second kappa shape index (κ2) is 5.22. The molecule has 3 aromatic rings. The number of nitrogens with zero attached hydrogens (tertiary/aromatic N) is 1. The van der Waals surface area contributed by atoms with Crippen LogP contribution in [0.3, 0.4) is 0 Å². The largest absolute Gasteiger partial charge is 0.496 e. The van der Waals surface area contributed by atoms with Crippen molar-refractivity contribution in [2.45, 2.75) is 0 Å². The molecule has 0 saturated heterocycles. The van der Waals surface area contributed by atoms with Gasteiger partial charge in [-0.2, -0.15) is 5.26 Å². The Balaban J connectivity index is 2.12. The molecule has 0 radical (unpaired) electrons. The monoisotopic (exact) mass is 294 g/mol. The number of nitrogens with one attached hydrogen (secondary N) is 1. The van der Waals surface area contributed by atoms with Gasteiger partial charge in [-0.1, -0.05) is 0 Å². The van der Waals surface area contributed by atoms with E-state index < -0.39 is 5.76 Å². The van der Waals surface area contributed by atoms with Gasteiger partial charge in [-0.3, -0.25) is 9.78 Å². The van der Waals surface area contributed by atoms with Crippen molar-refractivity contribution in [3.63, 3.8) is 0 Å². The summed E-state index contributed by atoms with van der Waals surface area (Å²) < 4.78 is 10.1. The SMILES string of the molecule is COc1cc2oc(=O)[nH]c2cc1C(=O)c1ccc(C#N)cc1. The third-order valence-corrected chi connectivity index (χ3v) is 3.26. The number of carbonyl (C=O) groups is 1. The summed E-state index contributed by atoms with van der Waals surface area (Å²) in [5, 5.41) is 8.79. The van der Waals surface area contributed by atoms with Crippen molar-refractivity contribution in [2.24, 2.45) is 0 Å². The van der Waals surface area contributed by atoms with Crippen molar-refractivity contribution in [3.05, 3.63) is 63.6 Å². The molecule has 2 aromatic carbocycles. The smallest absolute Gasteiger partial charge is 0.417 e. The zero-order valence-corrected chi connectivity index (χ0v) is 11.5. The first kappa shape index (κ1) is 13.6. The Labute approximate surface area is 124 Å². The van der Waals surface area contributed by atoms with E-state index in [1.807, 2.05) is 6.07 Å². The lowest BCUT2D eigenvalue weighted by Crippen LogP contribution is -2.04. The number of hydrogen-bond acceptors (Lipinski definition) is 5. The first-order valence-corrected chi connectivity index (χ1v) is 6.38. The molecule has 108 valence electrons. The van der Waals surface area contributed by atoms with Gasteiger partial charge >= 0.3 is 5.76 Å². The average molecular weight is 294 g/mol. The molecule has 3 rings (SSSR count). The van der Waals surface area contributed by atoms with E-state index in [0.29, 0.717) is 33.5 Å². The molecule has 6 nitrogen and oxygen atoms in total. The van der Waals surface area contributed by atoms with Gasteiger partial charge in [0.1, 0.15) is 5.75 Å². The number of carbonyl (C=O) groups excluding carboxylic acids is 1. The Hall–Kier alpha value is -3.33. The first-order chi connectivity index (χ1) is 10.6. The maximum Gasteiger partial charge on any atom is 0.417 e. The molecule has 0 spiro atoms. The van der Waals surface area contributed by atoms with E-state index in [9.17, 15) is 9.59 Å². The van der Waals surface area contributed by atoms with Gasteiger partial charge in [-0.05, 0) is 30.3 Å². The highest BCUT2D eigenvalue weighted by Crippen LogP contribution is 2.26. The van der Waals surface area contributed by atoms with E-state index in [4.69, 9.17) is 14.4 Å². The van der Waals surface area contributed by atoms with Gasteiger partial charge in [0, 0.05) is 11.6 Å². The molecule has 1 heterocycles. The van der Waals surface area contributed by atoms with Gasteiger partial charge in [0.25, 0.3) is 0 Å². The van der Waals surface area contributed by atoms with Crippen molar-refractivity contribution in [2.75, 3.05) is 7.11 Å². The Morgan fingerprint density at radius 2 is 2.00 bits per heavy atom. The molecule has 0 amide bonds. The Bertz CT molecular complexity index is 958. The lowest BCUT2D eigenvalue weighted by Gasteiger charge is -2.07. The van der Waals surface area contributed by atoms with Gasteiger partial charge in [0.15, 0.2) is 11.4 Å². The third kappa shape index (κ3) is 2.25. The lowest BCUT2D eigenvalue weighted by atomic mass is 10.0. The normalized spacial score (nSPS) is 10.4. The zero-order chi connectivity index (χ0) is 15.7. The number of fused-ring (bicyclic) bond motifs is 1. The lowest BCUT2D eigenvalue weighted by molar-refractivity contribution is 0.103. The molecule has 22 heavy (non-hydrogen) atoms. The van der Waals surface area contributed by atoms with Crippen LogP contribution in [0.25, 0.3) is 11.1 Å². The Morgan fingerprint density at radius 1 is 1.27 bits per heavy atom. The summed E-state index contributed by atoms with van der Waals surface area (Å²) in [5.41, 5.74) is 1.93. The summed E-state index contributed by atoms with van der Waals surface area (Å²) >= 11 is 0. The number of ether oxygens (including phenoxy) is 1. The molecule has 1 aromatic heterocycles. The molecule has 0 bridgehead atoms. The second-order valence-electron chi connectivity index (χ2n) is 4.58. The number of methoxy groups -OCH3 is 1. The van der Waals surface area contributed by atoms with Gasteiger partial charge in [-0.15, -0.1) is 0 Å². The zero-order valence-electron chi connectivity index (χ0n) is 11.5. The number of benzene rings is 2. The summed E-state index contributed by atoms with van der Waals surface area (Å²) in [6.45, 7) is 0. The van der Waals surface area contributed by atoms with E-state index in [1.165, 1.54) is 19.2 Å². The highest BCUT2D eigenvalue weighted by molar-refractivity contribution is 6.12. The standard InChI is InChI=1S/C16H10N2O4/c1-21-13-7-14-12(18-16(20)22-14)6-11(13)15(19)10-4-2-9(8-17)3-5-10/h2-7H,1H3,(H,18,20). The molecule has 0 unspecified atom stereocenters. The molecule has 0 atom stereocenters. The first-order valence-electron chi connectivity index (χ1n) is 6.38. The Morgan fingerprint density at radius 3 is 2.64 bits per heavy atom. The van der Waals surface area contributed by atoms with Crippen molar-refractivity contribution in [1.29, 1.82) is 5.26 Å². The number of hydrogen-bond donors (Lipinski definition) is 1. The number of aromatic nitrogens is 1. The van der Waals surface area contributed by atoms with Crippen LogP contribution in [0.4, 0.5) is 0 Å². The molecule has 0 fully saturated rings. The van der Waals surface area contributed by atoms with E-state index in [1.54, 1.807) is 24.3 Å². The van der Waals surface area contributed by atoms with E-state index in [0.717, 1.165) is 0 Å². The number of rotatable bonds is 3. The van der Waals surface area contributed by atoms with Crippen molar-refractivity contribution in [1.82, 2.24) is 4.98 Å². The van der Waals surface area contributed by atoms with Crippen molar-refractivity contribution < 1.29 is 13.9 Å². The molecule has 1 N–H and O–H groups in total. The van der Waals surface area contributed by atoms with Gasteiger partial charge in [0.05, 0.1) is 29.8 Å². The maximum absolute atomic E-state index is 12.6. The minimum absolute atomic E-state index is 0.273. The number of H-pyrrole nitrogens is 1. The van der Waals surface area contributed by atoms with Crippen LogP contribution in [0, 0.1) is 11.3 Å². The van der Waals surface area contributed by atoms with Crippen LogP contribution in [-0.2, 0) is 0 Å². The minimum atomic E-state index is -0.597. The summed E-state index contributed by atoms with van der Waals surface area (Å²) in [6, 6.07) is 11.3. The Kier molecular flexibility index (Phi) is 3.24. The third-order valence-electron chi connectivity index (χ3n) is 3.26. The van der Waals surface area contributed by atoms with Crippen molar-refractivity contribution >= 4 is 16.9 Å². The number of oxazole rings is 1. The van der Waals surface area contributed by atoms with Crippen LogP contribution < -0.4 is 10.5 Å². The predicted octanol–water partition coefficient (Wildman–Crippen LogP) is 2.23. The average Bonchev–Trinajstić information content (AvgIpc) is 2.92. The fourth-order valence-electron chi connectivity index (χ4n) is 2.18. The van der Waals surface area contributed by atoms with E-state index >= 15 is 0 Å². The van der Waals surface area contributed by atoms with Crippen LogP contribution >= 0.6 is 0 Å². The summed E-state index contributed by atoms with van der Waals surface area (Å²) in [5.74, 6) is -0.560. The predicted molar refractivity (Wildman–Crippen MR) is 78.0 cm³/mol. The van der Waals surface area contributed by atoms with Crippen molar-refractivity contribution in [3.8, 4) is 11.8 Å². The topological polar surface area (TPSA) is 96.1 Å². The summed E-state index contributed by atoms with van der Waals surface area (Å²) in [6.07, 6.45) is 0. The fraction of sp³-hybridized carbons (Fsp3) is 0.0625. The maximum atomic E-state index is 12.6. The summed E-state index contributed by atoms with van der Waals surface area (Å²) in [4.78, 5) is 26.3. The molecule has 0 aliphatic rings. The molecule has 6 heteroatoms. The van der Waals surface area contributed by atoms with Gasteiger partial charge in [-0.25, -0.2) is 4.79 Å². The van der Waals surface area contributed by atoms with Crippen LogP contribution in [0.1, 0.15) is 21.5 Å². The molecule has 0 aliphatic heterocycles. The van der Waals surface area contributed by atoms with Crippen LogP contribution in [0.2, 0.25) is 0 Å². The fourth-order valence-corrected chi connectivity index (χ4v) is 2.18. The summed E-state index contributed by atoms with van der Waals surface area (Å²) in [7, 11) is 1.43. The van der Waals surface area contributed by atoms with E-state index in [2.05, 4.69) is 4.98 Å². The van der Waals surface area contributed by atoms with Crippen LogP contribution in [-0.4, -0.2) is 17.9 Å². The quantitative estimate of drug-likeness (QED) is 0.747. The molecule has 0 aliphatic carbocycles. The van der Waals surface area contributed by atoms with Crippen LogP contribution in [0.5, 0.6) is 5.75 Å². The molecular weight excluding hydrogens is 284 g/mol. The van der Waals surface area contributed by atoms with Gasteiger partial charge in [0.2, 0.25) is 0 Å². The van der Waals surface area contributed by atoms with Crippen LogP contribution in [0.15, 0.2) is 45.6 Å². The minimum Gasteiger partial charge on any atom is -0.496 e.